The smallest absolute Gasteiger partial charge is 0.255 e. The van der Waals surface area contributed by atoms with Gasteiger partial charge in [-0.25, -0.2) is 16.8 Å². The number of ether oxygens (including phenoxy) is 1. The van der Waals surface area contributed by atoms with Crippen molar-refractivity contribution in [3.8, 4) is 0 Å². The number of rotatable bonds is 6. The van der Waals surface area contributed by atoms with Crippen molar-refractivity contribution >= 4 is 31.6 Å². The lowest BCUT2D eigenvalue weighted by Crippen LogP contribution is -2.48. The quantitative estimate of drug-likeness (QED) is 0.643. The predicted molar refractivity (Wildman–Crippen MR) is 128 cm³/mol. The Morgan fingerprint density at radius 2 is 1.26 bits per heavy atom. The number of carbonyl (C=O) groups excluding carboxylic acids is 1. The topological polar surface area (TPSA) is 113 Å². The second-order valence-electron chi connectivity index (χ2n) is 8.69. The van der Waals surface area contributed by atoms with E-state index in [1.807, 2.05) is 13.8 Å². The van der Waals surface area contributed by atoms with E-state index >= 15 is 0 Å². The van der Waals surface area contributed by atoms with Crippen LogP contribution in [0.2, 0.25) is 0 Å². The van der Waals surface area contributed by atoms with Crippen LogP contribution in [0.15, 0.2) is 58.3 Å². The summed E-state index contributed by atoms with van der Waals surface area (Å²) >= 11 is 0. The van der Waals surface area contributed by atoms with Gasteiger partial charge in [-0.05, 0) is 75.2 Å². The summed E-state index contributed by atoms with van der Waals surface area (Å²) in [6, 6.07) is 11.8. The van der Waals surface area contributed by atoms with Gasteiger partial charge in [-0.3, -0.25) is 4.79 Å². The van der Waals surface area contributed by atoms with Crippen molar-refractivity contribution in [2.24, 2.45) is 0 Å². The van der Waals surface area contributed by atoms with E-state index in [1.54, 1.807) is 12.1 Å². The molecule has 2 aliphatic rings. The first-order valence-electron chi connectivity index (χ1n) is 11.2. The van der Waals surface area contributed by atoms with Crippen LogP contribution in [0.1, 0.15) is 37.0 Å². The van der Waals surface area contributed by atoms with Crippen LogP contribution in [0.5, 0.6) is 0 Å². The van der Waals surface area contributed by atoms with E-state index in [4.69, 9.17) is 4.74 Å². The largest absolute Gasteiger partial charge is 0.373 e. The molecule has 0 unspecified atom stereocenters. The summed E-state index contributed by atoms with van der Waals surface area (Å²) < 4.78 is 59.7. The minimum atomic E-state index is -3.69. The summed E-state index contributed by atoms with van der Waals surface area (Å²) in [7, 11) is -7.21. The molecule has 0 spiro atoms. The van der Waals surface area contributed by atoms with Gasteiger partial charge in [0, 0.05) is 37.4 Å². The lowest BCUT2D eigenvalue weighted by atomic mass is 10.2. The van der Waals surface area contributed by atoms with Crippen molar-refractivity contribution in [3.63, 3.8) is 0 Å². The van der Waals surface area contributed by atoms with E-state index in [2.05, 4.69) is 5.32 Å². The summed E-state index contributed by atoms with van der Waals surface area (Å²) in [5.41, 5.74) is 0.731. The molecule has 0 radical (unpaired) electrons. The molecule has 34 heavy (non-hydrogen) atoms. The number of carbonyl (C=O) groups is 1. The minimum absolute atomic E-state index is 0.113. The van der Waals surface area contributed by atoms with E-state index in [9.17, 15) is 21.6 Å². The summed E-state index contributed by atoms with van der Waals surface area (Å²) in [6.45, 7) is 5.27. The van der Waals surface area contributed by atoms with Crippen LogP contribution in [0, 0.1) is 0 Å². The predicted octanol–water partition coefficient (Wildman–Crippen LogP) is 2.52. The summed E-state index contributed by atoms with van der Waals surface area (Å²) in [4.78, 5) is 12.9. The third kappa shape index (κ3) is 5.18. The van der Waals surface area contributed by atoms with E-state index < -0.39 is 26.0 Å². The third-order valence-corrected chi connectivity index (χ3v) is 9.71. The van der Waals surface area contributed by atoms with Gasteiger partial charge in [0.1, 0.15) is 0 Å². The van der Waals surface area contributed by atoms with Gasteiger partial charge in [-0.15, -0.1) is 0 Å². The second kappa shape index (κ2) is 9.74. The first-order valence-corrected chi connectivity index (χ1v) is 14.1. The number of benzene rings is 2. The Morgan fingerprint density at radius 1 is 0.794 bits per heavy atom. The molecule has 0 aliphatic carbocycles. The van der Waals surface area contributed by atoms with Crippen LogP contribution in [0.3, 0.4) is 0 Å². The number of amides is 1. The third-order valence-electron chi connectivity index (χ3n) is 5.96. The molecule has 9 nitrogen and oxygen atoms in total. The van der Waals surface area contributed by atoms with E-state index in [0.29, 0.717) is 18.8 Å². The van der Waals surface area contributed by atoms with Crippen molar-refractivity contribution in [3.05, 3.63) is 54.1 Å². The van der Waals surface area contributed by atoms with Crippen LogP contribution in [-0.4, -0.2) is 69.7 Å². The molecule has 0 saturated carbocycles. The molecule has 1 N–H and O–H groups in total. The van der Waals surface area contributed by atoms with Crippen molar-refractivity contribution in [1.82, 2.24) is 8.61 Å². The standard InChI is InChI=1S/C23H29N3O6S2/c1-17-15-26(16-18(2)32-17)34(30,31)21-9-5-19(6-10-21)23(27)24-20-7-11-22(12-8-20)33(28,29)25-13-3-4-14-25/h5-12,17-18H,3-4,13-16H2,1-2H3,(H,24,27)/t17-,18-/m1/s1. The van der Waals surface area contributed by atoms with Gasteiger partial charge in [-0.1, -0.05) is 0 Å². The maximum Gasteiger partial charge on any atom is 0.255 e. The number of sulfonamides is 2. The molecule has 11 heteroatoms. The van der Waals surface area contributed by atoms with Gasteiger partial charge in [0.05, 0.1) is 22.0 Å². The van der Waals surface area contributed by atoms with Gasteiger partial charge in [0.2, 0.25) is 20.0 Å². The first-order chi connectivity index (χ1) is 16.1. The Hall–Kier alpha value is -2.31. The van der Waals surface area contributed by atoms with Crippen LogP contribution >= 0.6 is 0 Å². The maximum atomic E-state index is 13.0. The average Bonchev–Trinajstić information content (AvgIpc) is 3.35. The molecular weight excluding hydrogens is 478 g/mol. The van der Waals surface area contributed by atoms with E-state index in [0.717, 1.165) is 12.8 Å². The Morgan fingerprint density at radius 3 is 1.79 bits per heavy atom. The van der Waals surface area contributed by atoms with Crippen molar-refractivity contribution in [1.29, 1.82) is 0 Å². The highest BCUT2D eigenvalue weighted by atomic mass is 32.2. The summed E-state index contributed by atoms with van der Waals surface area (Å²) in [6.07, 6.45) is 1.33. The number of morpholine rings is 1. The van der Waals surface area contributed by atoms with Gasteiger partial charge >= 0.3 is 0 Å². The number of nitrogens with zero attached hydrogens (tertiary/aromatic N) is 2. The molecule has 0 bridgehead atoms. The zero-order valence-electron chi connectivity index (χ0n) is 19.2. The SMILES string of the molecule is C[C@@H]1CN(S(=O)(=O)c2ccc(C(=O)Nc3ccc(S(=O)(=O)N4CCCC4)cc3)cc2)C[C@@H](C)O1. The van der Waals surface area contributed by atoms with Crippen molar-refractivity contribution < 1.29 is 26.4 Å². The molecule has 0 aromatic heterocycles. The lowest BCUT2D eigenvalue weighted by Gasteiger charge is -2.34. The monoisotopic (exact) mass is 507 g/mol. The van der Waals surface area contributed by atoms with Crippen molar-refractivity contribution in [2.75, 3.05) is 31.5 Å². The fourth-order valence-corrected chi connectivity index (χ4v) is 7.35. The highest BCUT2D eigenvalue weighted by molar-refractivity contribution is 7.89. The molecule has 1 amide bonds. The Bertz CT molecular complexity index is 1230. The molecule has 4 rings (SSSR count). The highest BCUT2D eigenvalue weighted by Crippen LogP contribution is 2.24. The molecular formula is C23H29N3O6S2. The molecule has 2 aromatic rings. The Balaban J connectivity index is 1.43. The van der Waals surface area contributed by atoms with Crippen LogP contribution in [0.25, 0.3) is 0 Å². The number of nitrogens with one attached hydrogen (secondary N) is 1. The molecule has 2 atom stereocenters. The zero-order chi connectivity index (χ0) is 24.5. The van der Waals surface area contributed by atoms with Crippen LogP contribution in [-0.2, 0) is 24.8 Å². The number of hydrogen-bond donors (Lipinski definition) is 1. The normalized spacial score (nSPS) is 22.5. The minimum Gasteiger partial charge on any atom is -0.373 e. The van der Waals surface area contributed by atoms with Crippen molar-refractivity contribution in [2.45, 2.75) is 48.7 Å². The average molecular weight is 508 g/mol. The van der Waals surface area contributed by atoms with Crippen LogP contribution < -0.4 is 5.32 Å². The Labute approximate surface area is 200 Å². The highest BCUT2D eigenvalue weighted by Gasteiger charge is 2.32. The molecule has 2 aromatic carbocycles. The maximum absolute atomic E-state index is 13.0. The fraction of sp³-hybridized carbons (Fsp3) is 0.435. The van der Waals surface area contributed by atoms with E-state index in [1.165, 1.54) is 45.0 Å². The van der Waals surface area contributed by atoms with Gasteiger partial charge in [0.25, 0.3) is 5.91 Å². The molecule has 2 heterocycles. The lowest BCUT2D eigenvalue weighted by molar-refractivity contribution is -0.0440. The number of hydrogen-bond acceptors (Lipinski definition) is 6. The summed E-state index contributed by atoms with van der Waals surface area (Å²) in [5, 5.41) is 2.72. The molecule has 2 fully saturated rings. The molecule has 184 valence electrons. The van der Waals surface area contributed by atoms with Crippen LogP contribution in [0.4, 0.5) is 5.69 Å². The first kappa shape index (κ1) is 24.8. The molecule has 2 aliphatic heterocycles. The second-order valence-corrected chi connectivity index (χ2v) is 12.6. The van der Waals surface area contributed by atoms with Gasteiger partial charge in [0.15, 0.2) is 0 Å². The number of anilines is 1. The fourth-order valence-electron chi connectivity index (χ4n) is 4.25. The zero-order valence-corrected chi connectivity index (χ0v) is 20.8. The van der Waals surface area contributed by atoms with E-state index in [-0.39, 0.29) is 40.7 Å². The Kier molecular flexibility index (Phi) is 7.11. The summed E-state index contributed by atoms with van der Waals surface area (Å²) in [5.74, 6) is -0.423. The van der Waals surface area contributed by atoms with Gasteiger partial charge < -0.3 is 10.1 Å². The molecule has 2 saturated heterocycles. The van der Waals surface area contributed by atoms with Gasteiger partial charge in [-0.2, -0.15) is 8.61 Å².